The maximum absolute atomic E-state index is 13.2. The molecule has 10 heteroatoms. The van der Waals surface area contributed by atoms with Crippen molar-refractivity contribution in [2.24, 2.45) is 0 Å². The topological polar surface area (TPSA) is 119 Å². The SMILES string of the molecule is CC.CC.COc1ccccc1Oc1c(NS(=O)c2ccc(C(C)(C)C)cc2)nc(-c2ncccn2)[nH]c1=O. The van der Waals surface area contributed by atoms with Crippen LogP contribution in [0.1, 0.15) is 54.0 Å². The van der Waals surface area contributed by atoms with Gasteiger partial charge in [-0.3, -0.25) is 9.52 Å². The number of nitrogens with one attached hydrogen (secondary N) is 2. The second kappa shape index (κ2) is 14.8. The Morgan fingerprint density at radius 2 is 1.46 bits per heavy atom. The van der Waals surface area contributed by atoms with Crippen LogP contribution in [0.3, 0.4) is 0 Å². The smallest absolute Gasteiger partial charge is 0.296 e. The van der Waals surface area contributed by atoms with E-state index in [-0.39, 0.29) is 28.6 Å². The van der Waals surface area contributed by atoms with E-state index >= 15 is 0 Å². The van der Waals surface area contributed by atoms with Crippen LogP contribution in [0.25, 0.3) is 11.6 Å². The number of methoxy groups -OCH3 is 1. The zero-order chi connectivity index (χ0) is 29.0. The maximum atomic E-state index is 13.2. The van der Waals surface area contributed by atoms with Crippen molar-refractivity contribution in [2.75, 3.05) is 11.8 Å². The van der Waals surface area contributed by atoms with Crippen LogP contribution in [0.2, 0.25) is 0 Å². The van der Waals surface area contributed by atoms with Gasteiger partial charge in [0, 0.05) is 12.4 Å². The number of benzene rings is 2. The molecule has 1 unspecified atom stereocenters. The van der Waals surface area contributed by atoms with Gasteiger partial charge in [0.2, 0.25) is 5.75 Å². The van der Waals surface area contributed by atoms with Crippen LogP contribution in [0.4, 0.5) is 5.82 Å². The maximum Gasteiger partial charge on any atom is 0.296 e. The number of nitrogens with zero attached hydrogens (tertiary/aromatic N) is 3. The molecular weight excluding hydrogens is 514 g/mol. The molecule has 2 aromatic heterocycles. The number of para-hydroxylation sites is 2. The summed E-state index contributed by atoms with van der Waals surface area (Å²) in [7, 11) is -0.239. The highest BCUT2D eigenvalue weighted by molar-refractivity contribution is 7.86. The second-order valence-corrected chi connectivity index (χ2v) is 9.78. The average Bonchev–Trinajstić information content (AvgIpc) is 2.97. The first-order valence-electron chi connectivity index (χ1n) is 12.8. The summed E-state index contributed by atoms with van der Waals surface area (Å²) in [6.07, 6.45) is 3.06. The van der Waals surface area contributed by atoms with Gasteiger partial charge in [-0.25, -0.2) is 19.2 Å². The van der Waals surface area contributed by atoms with Gasteiger partial charge >= 0.3 is 0 Å². The van der Waals surface area contributed by atoms with Crippen LogP contribution in [0.5, 0.6) is 17.2 Å². The van der Waals surface area contributed by atoms with Gasteiger partial charge in [0.25, 0.3) is 5.56 Å². The lowest BCUT2D eigenvalue weighted by molar-refractivity contribution is 0.377. The first kappa shape index (κ1) is 31.2. The number of ether oxygens (including phenoxy) is 2. The Morgan fingerprint density at radius 1 is 0.872 bits per heavy atom. The van der Waals surface area contributed by atoms with E-state index in [1.807, 2.05) is 39.8 Å². The van der Waals surface area contributed by atoms with E-state index in [0.29, 0.717) is 16.4 Å². The molecule has 0 saturated carbocycles. The highest BCUT2D eigenvalue weighted by Gasteiger charge is 2.20. The second-order valence-electron chi connectivity index (χ2n) is 8.56. The zero-order valence-electron chi connectivity index (χ0n) is 23.7. The van der Waals surface area contributed by atoms with Gasteiger partial charge in [-0.1, -0.05) is 72.7 Å². The Hall–Kier alpha value is -4.05. The molecule has 0 aliphatic heterocycles. The Morgan fingerprint density at radius 3 is 2.03 bits per heavy atom. The lowest BCUT2D eigenvalue weighted by atomic mass is 9.87. The van der Waals surface area contributed by atoms with Crippen LogP contribution >= 0.6 is 0 Å². The molecule has 1 atom stereocenters. The third-order valence-corrected chi connectivity index (χ3v) is 6.14. The molecule has 2 aromatic carbocycles. The van der Waals surface area contributed by atoms with E-state index in [1.54, 1.807) is 42.5 Å². The molecule has 0 radical (unpaired) electrons. The van der Waals surface area contributed by atoms with Crippen molar-refractivity contribution >= 4 is 16.8 Å². The van der Waals surface area contributed by atoms with Crippen LogP contribution in [-0.2, 0) is 16.4 Å². The minimum atomic E-state index is -1.74. The van der Waals surface area contributed by atoms with E-state index in [1.165, 1.54) is 19.5 Å². The normalized spacial score (nSPS) is 11.2. The summed E-state index contributed by atoms with van der Waals surface area (Å²) in [6.45, 7) is 14.3. The van der Waals surface area contributed by atoms with Gasteiger partial charge in [-0.2, -0.15) is 0 Å². The lowest BCUT2D eigenvalue weighted by Gasteiger charge is -2.19. The number of H-pyrrole nitrogens is 1. The highest BCUT2D eigenvalue weighted by Crippen LogP contribution is 2.33. The molecule has 39 heavy (non-hydrogen) atoms. The predicted octanol–water partition coefficient (Wildman–Crippen LogP) is 6.51. The van der Waals surface area contributed by atoms with Gasteiger partial charge in [0.05, 0.1) is 12.0 Å². The molecule has 4 aromatic rings. The summed E-state index contributed by atoms with van der Waals surface area (Å²) in [5.41, 5.74) is 0.467. The predicted molar refractivity (Wildman–Crippen MR) is 157 cm³/mol. The first-order valence-corrected chi connectivity index (χ1v) is 13.9. The number of hydrogen-bond acceptors (Lipinski definition) is 7. The Kier molecular flexibility index (Phi) is 11.8. The number of hydrogen-bond donors (Lipinski definition) is 2. The van der Waals surface area contributed by atoms with Crippen LogP contribution in [0.15, 0.2) is 76.7 Å². The minimum Gasteiger partial charge on any atom is -0.493 e. The molecule has 0 amide bonds. The van der Waals surface area contributed by atoms with Crippen LogP contribution < -0.4 is 19.8 Å². The minimum absolute atomic E-state index is 0.0275. The molecule has 208 valence electrons. The van der Waals surface area contributed by atoms with E-state index in [0.717, 1.165) is 5.56 Å². The van der Waals surface area contributed by atoms with Crippen molar-refractivity contribution in [2.45, 2.75) is 58.8 Å². The summed E-state index contributed by atoms with van der Waals surface area (Å²) in [4.78, 5) is 28.9. The summed E-state index contributed by atoms with van der Waals surface area (Å²) >= 11 is 0. The molecular formula is C29H37N5O4S. The average molecular weight is 552 g/mol. The van der Waals surface area contributed by atoms with E-state index in [4.69, 9.17) is 9.47 Å². The number of aromatic nitrogens is 4. The van der Waals surface area contributed by atoms with Gasteiger partial charge in [-0.05, 0) is 41.3 Å². The van der Waals surface area contributed by atoms with Gasteiger partial charge in [-0.15, -0.1) is 0 Å². The van der Waals surface area contributed by atoms with Crippen molar-refractivity contribution in [1.29, 1.82) is 0 Å². The molecule has 2 N–H and O–H groups in total. The fraction of sp³-hybridized carbons (Fsp3) is 0.310. The monoisotopic (exact) mass is 551 g/mol. The van der Waals surface area contributed by atoms with E-state index in [2.05, 4.69) is 45.4 Å². The molecule has 0 aliphatic rings. The molecule has 0 fully saturated rings. The third-order valence-electron chi connectivity index (χ3n) is 5.06. The fourth-order valence-corrected chi connectivity index (χ4v) is 4.01. The standard InChI is InChI=1S/C25H25N5O4S.2C2H6/c1-25(2,3)16-10-12-17(13-11-16)35(32)30-21-20(34-19-9-6-5-8-18(19)33-4)24(31)29-23(28-21)22-26-14-7-15-27-22;2*1-2/h5-15H,1-4H3,(H2,28,29,30,31);2*1-2H3. The summed E-state index contributed by atoms with van der Waals surface area (Å²) in [5, 5.41) is 0. The highest BCUT2D eigenvalue weighted by atomic mass is 32.2. The van der Waals surface area contributed by atoms with Gasteiger partial charge < -0.3 is 14.5 Å². The zero-order valence-corrected chi connectivity index (χ0v) is 24.6. The van der Waals surface area contributed by atoms with Crippen molar-refractivity contribution in [1.82, 2.24) is 19.9 Å². The summed E-state index contributed by atoms with van der Waals surface area (Å²) in [6, 6.07) is 15.9. The number of aromatic amines is 1. The molecule has 0 aliphatic carbocycles. The molecule has 0 bridgehead atoms. The largest absolute Gasteiger partial charge is 0.493 e. The molecule has 0 spiro atoms. The number of anilines is 1. The molecule has 0 saturated heterocycles. The van der Waals surface area contributed by atoms with Crippen molar-refractivity contribution < 1.29 is 13.7 Å². The van der Waals surface area contributed by atoms with Crippen molar-refractivity contribution in [3.8, 4) is 28.9 Å². The van der Waals surface area contributed by atoms with Crippen LogP contribution in [-0.4, -0.2) is 31.3 Å². The molecule has 4 rings (SSSR count). The Balaban J connectivity index is 0.00000127. The van der Waals surface area contributed by atoms with E-state index < -0.39 is 16.5 Å². The molecule has 2 heterocycles. The quantitative estimate of drug-likeness (QED) is 0.269. The Labute approximate surface area is 232 Å². The number of rotatable bonds is 7. The summed E-state index contributed by atoms with van der Waals surface area (Å²) < 4.78 is 27.2. The van der Waals surface area contributed by atoms with Crippen molar-refractivity contribution in [3.63, 3.8) is 0 Å². The molecule has 9 nitrogen and oxygen atoms in total. The van der Waals surface area contributed by atoms with Crippen molar-refractivity contribution in [3.05, 3.63) is 82.9 Å². The van der Waals surface area contributed by atoms with Gasteiger partial charge in [0.1, 0.15) is 0 Å². The first-order chi connectivity index (χ1) is 18.8. The third kappa shape index (κ3) is 8.22. The van der Waals surface area contributed by atoms with Gasteiger partial charge in [0.15, 0.2) is 40.0 Å². The summed E-state index contributed by atoms with van der Waals surface area (Å²) in [5.74, 6) is 0.832. The van der Waals surface area contributed by atoms with Crippen LogP contribution in [0, 0.1) is 0 Å². The lowest BCUT2D eigenvalue weighted by Crippen LogP contribution is -2.18. The fourth-order valence-electron chi connectivity index (χ4n) is 3.19. The Bertz CT molecular complexity index is 1400. The van der Waals surface area contributed by atoms with E-state index in [9.17, 15) is 9.00 Å².